The number of aromatic nitrogens is 3. The van der Waals surface area contributed by atoms with Crippen LogP contribution in [0.2, 0.25) is 0 Å². The van der Waals surface area contributed by atoms with Crippen LogP contribution >= 0.6 is 0 Å². The molecule has 1 amide bonds. The summed E-state index contributed by atoms with van der Waals surface area (Å²) in [6.07, 6.45) is 1.47. The van der Waals surface area contributed by atoms with E-state index in [9.17, 15) is 9.90 Å². The third-order valence-corrected chi connectivity index (χ3v) is 7.42. The summed E-state index contributed by atoms with van der Waals surface area (Å²) < 4.78 is 0. The summed E-state index contributed by atoms with van der Waals surface area (Å²) in [6.45, 7) is 5.96. The van der Waals surface area contributed by atoms with E-state index in [0.29, 0.717) is 55.3 Å². The fourth-order valence-electron chi connectivity index (χ4n) is 5.42. The molecule has 11 N–H and O–H groups in total. The molecular weight excluding hydrogens is 522 g/mol. The maximum Gasteiger partial charge on any atom is 0.259 e. The average Bonchev–Trinajstić information content (AvgIpc) is 2.90. The molecule has 2 saturated heterocycles. The van der Waals surface area contributed by atoms with Crippen LogP contribution in [0.5, 0.6) is 5.75 Å². The van der Waals surface area contributed by atoms with E-state index in [-0.39, 0.29) is 35.5 Å². The van der Waals surface area contributed by atoms with E-state index in [1.54, 1.807) is 31.2 Å². The zero-order valence-corrected chi connectivity index (χ0v) is 23.4. The van der Waals surface area contributed by atoms with Crippen LogP contribution in [-0.4, -0.2) is 76.3 Å². The van der Waals surface area contributed by atoms with Gasteiger partial charge in [0.2, 0.25) is 17.8 Å². The number of para-hydroxylation sites is 1. The van der Waals surface area contributed by atoms with Gasteiger partial charge in [-0.1, -0.05) is 12.1 Å². The second-order valence-corrected chi connectivity index (χ2v) is 11.2. The number of nitrogens with one attached hydrogen (secondary N) is 2. The monoisotopic (exact) mass is 561 g/mol. The van der Waals surface area contributed by atoms with E-state index in [1.807, 2.05) is 28.9 Å². The van der Waals surface area contributed by atoms with Crippen LogP contribution in [0, 0.1) is 13.8 Å². The molecule has 0 spiro atoms. The lowest BCUT2D eigenvalue weighted by molar-refractivity contribution is 0.102. The highest BCUT2D eigenvalue weighted by molar-refractivity contribution is 6.06. The third kappa shape index (κ3) is 6.65. The topological polar surface area (TPSA) is 211 Å². The maximum absolute atomic E-state index is 12.8. The zero-order valence-electron chi connectivity index (χ0n) is 23.4. The number of hydrogen-bond acceptors (Lipinski definition) is 12. The Morgan fingerprint density at radius 1 is 0.829 bits per heavy atom. The van der Waals surface area contributed by atoms with Crippen LogP contribution < -0.4 is 43.4 Å². The number of phenolic OH excluding ortho intramolecular Hbond substituents is 1. The molecule has 2 fully saturated rings. The van der Waals surface area contributed by atoms with Crippen LogP contribution in [0.4, 0.5) is 29.2 Å². The minimum atomic E-state index is -0.391. The molecule has 4 atom stereocenters. The molecule has 5 rings (SSSR count). The summed E-state index contributed by atoms with van der Waals surface area (Å²) in [5.74, 6) is 0.890. The van der Waals surface area contributed by atoms with Gasteiger partial charge in [0.05, 0.1) is 5.56 Å². The number of nitrogens with zero attached hydrogens (tertiary/aromatic N) is 5. The Kier molecular flexibility index (Phi) is 8.22. The Labute approximate surface area is 239 Å². The minimum Gasteiger partial charge on any atom is -0.507 e. The second-order valence-electron chi connectivity index (χ2n) is 11.2. The van der Waals surface area contributed by atoms with Crippen molar-refractivity contribution >= 4 is 35.1 Å². The number of amides is 1. The number of aromatic hydroxyl groups is 1. The normalized spacial score (nSPS) is 22.9. The highest BCUT2D eigenvalue weighted by Gasteiger charge is 2.29. The van der Waals surface area contributed by atoms with Gasteiger partial charge in [0.1, 0.15) is 5.75 Å². The van der Waals surface area contributed by atoms with Gasteiger partial charge in [-0.05, 0) is 62.1 Å². The van der Waals surface area contributed by atoms with Crippen molar-refractivity contribution in [2.24, 2.45) is 22.9 Å². The highest BCUT2D eigenvalue weighted by Crippen LogP contribution is 2.27. The average molecular weight is 562 g/mol. The van der Waals surface area contributed by atoms with Crippen LogP contribution in [0.1, 0.15) is 34.3 Å². The molecule has 2 aromatic carbocycles. The van der Waals surface area contributed by atoms with E-state index < -0.39 is 5.91 Å². The summed E-state index contributed by atoms with van der Waals surface area (Å²) in [4.78, 5) is 31.0. The molecule has 0 aliphatic carbocycles. The van der Waals surface area contributed by atoms with Gasteiger partial charge in [-0.25, -0.2) is 0 Å². The first-order chi connectivity index (χ1) is 19.5. The van der Waals surface area contributed by atoms with E-state index in [0.717, 1.165) is 24.1 Å². The number of benzene rings is 2. The quantitative estimate of drug-likeness (QED) is 0.224. The molecular formula is C28H39N11O2. The Balaban J connectivity index is 1.40. The first-order valence-corrected chi connectivity index (χ1v) is 13.8. The Bertz CT molecular complexity index is 1350. The molecule has 13 nitrogen and oxygen atoms in total. The van der Waals surface area contributed by atoms with Crippen molar-refractivity contribution in [3.63, 3.8) is 0 Å². The summed E-state index contributed by atoms with van der Waals surface area (Å²) in [5.41, 5.74) is 28.0. The lowest BCUT2D eigenvalue weighted by Gasteiger charge is -2.37. The SMILES string of the molecule is Cc1cc(Nc2nc(N3C[C@H](N)C[C@H](N)C3)nc(N3C[C@H](N)C[C@H](N)C3)n2)ccc1NC(=O)c1cccc(C)c1O. The predicted molar refractivity (Wildman–Crippen MR) is 161 cm³/mol. The van der Waals surface area contributed by atoms with Gasteiger partial charge in [-0.15, -0.1) is 0 Å². The minimum absolute atomic E-state index is 0.0337. The fourth-order valence-corrected chi connectivity index (χ4v) is 5.42. The number of rotatable bonds is 6. The number of piperidine rings is 2. The molecule has 1 aromatic heterocycles. The summed E-state index contributed by atoms with van der Waals surface area (Å²) >= 11 is 0. The van der Waals surface area contributed by atoms with E-state index in [1.165, 1.54) is 0 Å². The van der Waals surface area contributed by atoms with Crippen molar-refractivity contribution in [2.75, 3.05) is 46.6 Å². The molecule has 0 saturated carbocycles. The van der Waals surface area contributed by atoms with Crippen LogP contribution in [0.25, 0.3) is 0 Å². The molecule has 0 bridgehead atoms. The van der Waals surface area contributed by atoms with Crippen molar-refractivity contribution in [1.82, 2.24) is 15.0 Å². The molecule has 2 aliphatic rings. The maximum atomic E-state index is 12.8. The van der Waals surface area contributed by atoms with Gasteiger partial charge >= 0.3 is 0 Å². The van der Waals surface area contributed by atoms with Crippen molar-refractivity contribution in [2.45, 2.75) is 50.9 Å². The van der Waals surface area contributed by atoms with E-state index in [2.05, 4.69) is 10.6 Å². The summed E-state index contributed by atoms with van der Waals surface area (Å²) in [7, 11) is 0. The van der Waals surface area contributed by atoms with Gasteiger partial charge in [0, 0.05) is 61.7 Å². The van der Waals surface area contributed by atoms with E-state index in [4.69, 9.17) is 37.9 Å². The summed E-state index contributed by atoms with van der Waals surface area (Å²) in [6, 6.07) is 10.2. The first kappa shape index (κ1) is 28.5. The zero-order chi connectivity index (χ0) is 29.3. The largest absolute Gasteiger partial charge is 0.507 e. The van der Waals surface area contributed by atoms with Gasteiger partial charge in [-0.2, -0.15) is 15.0 Å². The van der Waals surface area contributed by atoms with Gasteiger partial charge in [0.25, 0.3) is 5.91 Å². The molecule has 3 aromatic rings. The van der Waals surface area contributed by atoms with Crippen molar-refractivity contribution in [3.05, 3.63) is 53.1 Å². The van der Waals surface area contributed by atoms with Crippen LogP contribution in [-0.2, 0) is 0 Å². The Morgan fingerprint density at radius 3 is 1.93 bits per heavy atom. The lowest BCUT2D eigenvalue weighted by atomic mass is 10.0. The second kappa shape index (κ2) is 11.8. The molecule has 0 unspecified atom stereocenters. The van der Waals surface area contributed by atoms with Gasteiger partial charge < -0.3 is 48.5 Å². The van der Waals surface area contributed by atoms with Gasteiger partial charge in [-0.3, -0.25) is 4.79 Å². The molecule has 13 heteroatoms. The number of anilines is 5. The lowest BCUT2D eigenvalue weighted by Crippen LogP contribution is -2.54. The van der Waals surface area contributed by atoms with Crippen molar-refractivity contribution in [1.29, 1.82) is 0 Å². The smallest absolute Gasteiger partial charge is 0.259 e. The molecule has 0 radical (unpaired) electrons. The standard InChI is InChI=1S/C28H39N11O2/c1-15-4-3-5-22(24(15)40)25(41)34-23-7-6-21(8-16(23)2)33-26-35-27(38-11-17(29)9-18(30)12-38)37-28(36-26)39-13-19(31)10-20(32)14-39/h3-8,17-20,40H,9-14,29-32H2,1-2H3,(H,34,41)(H,33,35,36,37)/t17-,18+,19-,20+. The summed E-state index contributed by atoms with van der Waals surface area (Å²) in [5, 5.41) is 16.5. The van der Waals surface area contributed by atoms with Crippen molar-refractivity contribution < 1.29 is 9.90 Å². The highest BCUT2D eigenvalue weighted by atomic mass is 16.3. The first-order valence-electron chi connectivity index (χ1n) is 13.8. The Hall–Kier alpha value is -4.04. The molecule has 41 heavy (non-hydrogen) atoms. The van der Waals surface area contributed by atoms with E-state index >= 15 is 0 Å². The van der Waals surface area contributed by atoms with Crippen molar-refractivity contribution in [3.8, 4) is 5.75 Å². The molecule has 2 aliphatic heterocycles. The molecule has 218 valence electrons. The molecule has 3 heterocycles. The fraction of sp³-hybridized carbons (Fsp3) is 0.429. The number of hydrogen-bond donors (Lipinski definition) is 7. The van der Waals surface area contributed by atoms with Crippen LogP contribution in [0.3, 0.4) is 0 Å². The van der Waals surface area contributed by atoms with Gasteiger partial charge in [0.15, 0.2) is 0 Å². The number of carbonyl (C=O) groups is 1. The Morgan fingerprint density at radius 2 is 1.39 bits per heavy atom. The number of nitrogens with two attached hydrogens (primary N) is 4. The third-order valence-electron chi connectivity index (χ3n) is 7.42. The number of phenols is 1. The predicted octanol–water partition coefficient (Wildman–Crippen LogP) is 0.919. The number of carbonyl (C=O) groups excluding carboxylic acids is 1. The van der Waals surface area contributed by atoms with Crippen LogP contribution in [0.15, 0.2) is 36.4 Å². The number of aryl methyl sites for hydroxylation is 2.